The first-order chi connectivity index (χ1) is 13.5. The van der Waals surface area contributed by atoms with E-state index in [0.29, 0.717) is 5.69 Å². The number of carbonyl (C=O) groups excluding carboxylic acids is 3. The molecule has 2 aromatic rings. The molecule has 3 amide bonds. The molecular formula is C18H13BrFN5O3. The molecule has 0 aliphatic carbocycles. The van der Waals surface area contributed by atoms with Crippen LogP contribution >= 0.6 is 15.9 Å². The van der Waals surface area contributed by atoms with Gasteiger partial charge in [0.2, 0.25) is 5.91 Å². The van der Waals surface area contributed by atoms with Crippen LogP contribution in [0.25, 0.3) is 0 Å². The van der Waals surface area contributed by atoms with E-state index < -0.39 is 35.6 Å². The van der Waals surface area contributed by atoms with Crippen LogP contribution in [0.5, 0.6) is 0 Å². The molecule has 8 nitrogen and oxygen atoms in total. The number of anilines is 2. The van der Waals surface area contributed by atoms with Gasteiger partial charge in [0.05, 0.1) is 11.4 Å². The number of rotatable bonds is 4. The molecule has 1 N–H and O–H groups in total. The Morgan fingerprint density at radius 3 is 2.54 bits per heavy atom. The quantitative estimate of drug-likeness (QED) is 0.731. The van der Waals surface area contributed by atoms with Crippen molar-refractivity contribution in [3.8, 4) is 0 Å². The summed E-state index contributed by atoms with van der Waals surface area (Å²) in [4.78, 5) is 38.7. The number of nitrogens with zero attached hydrogens (tertiary/aromatic N) is 4. The van der Waals surface area contributed by atoms with Crippen molar-refractivity contribution in [2.45, 2.75) is 12.1 Å². The van der Waals surface area contributed by atoms with E-state index in [2.05, 4.69) is 31.6 Å². The standard InChI is InChI=1S/C18H13BrFN5O3/c19-10-5-7-11(8-6-10)25-17(27)15-16(18(25)28)24(23-22-15)9-14(26)21-13-4-2-1-3-12(13)20/h1-8,15-16H,9H2,(H,21,26). The summed E-state index contributed by atoms with van der Waals surface area (Å²) >= 11 is 3.30. The Bertz CT molecular complexity index is 997. The first-order valence-electron chi connectivity index (χ1n) is 8.31. The number of amides is 3. The Morgan fingerprint density at radius 1 is 1.11 bits per heavy atom. The fourth-order valence-corrected chi connectivity index (χ4v) is 3.36. The Kier molecular flexibility index (Phi) is 4.63. The molecule has 0 spiro atoms. The molecule has 1 saturated heterocycles. The maximum atomic E-state index is 13.7. The molecule has 2 unspecified atom stereocenters. The van der Waals surface area contributed by atoms with Crippen LogP contribution in [0.1, 0.15) is 0 Å². The van der Waals surface area contributed by atoms with E-state index in [1.54, 1.807) is 30.3 Å². The molecule has 0 bridgehead atoms. The molecule has 2 aliphatic heterocycles. The molecule has 142 valence electrons. The van der Waals surface area contributed by atoms with Gasteiger partial charge in [-0.1, -0.05) is 33.3 Å². The van der Waals surface area contributed by atoms with E-state index >= 15 is 0 Å². The van der Waals surface area contributed by atoms with Gasteiger partial charge in [-0.2, -0.15) is 5.11 Å². The molecule has 0 saturated carbocycles. The topological polar surface area (TPSA) is 94.4 Å². The first-order valence-corrected chi connectivity index (χ1v) is 9.10. The number of hydrogen-bond donors (Lipinski definition) is 1. The number of imide groups is 1. The van der Waals surface area contributed by atoms with Crippen molar-refractivity contribution in [3.63, 3.8) is 0 Å². The van der Waals surface area contributed by atoms with Gasteiger partial charge >= 0.3 is 0 Å². The number of hydrogen-bond acceptors (Lipinski definition) is 6. The average Bonchev–Trinajstić information content (AvgIpc) is 3.18. The number of halogens is 2. The van der Waals surface area contributed by atoms with Gasteiger partial charge in [0.1, 0.15) is 12.4 Å². The molecule has 2 aliphatic rings. The van der Waals surface area contributed by atoms with Crippen LogP contribution in [0.3, 0.4) is 0 Å². The van der Waals surface area contributed by atoms with Gasteiger partial charge in [0.25, 0.3) is 11.8 Å². The Balaban J connectivity index is 1.49. The van der Waals surface area contributed by atoms with Crippen LogP contribution in [0.15, 0.2) is 63.3 Å². The molecule has 0 radical (unpaired) electrons. The van der Waals surface area contributed by atoms with Gasteiger partial charge in [-0.3, -0.25) is 19.4 Å². The molecule has 0 aromatic heterocycles. The number of nitrogens with one attached hydrogen (secondary N) is 1. The number of benzene rings is 2. The lowest BCUT2D eigenvalue weighted by Crippen LogP contribution is -2.43. The van der Waals surface area contributed by atoms with E-state index in [4.69, 9.17) is 0 Å². The van der Waals surface area contributed by atoms with E-state index in [0.717, 1.165) is 14.4 Å². The molecule has 28 heavy (non-hydrogen) atoms. The SMILES string of the molecule is O=C(CN1N=NC2C(=O)N(c3ccc(Br)cc3)C(=O)C21)Nc1ccccc1F. The zero-order valence-corrected chi connectivity index (χ0v) is 15.8. The van der Waals surface area contributed by atoms with Crippen molar-refractivity contribution < 1.29 is 18.8 Å². The summed E-state index contributed by atoms with van der Waals surface area (Å²) in [5.74, 6) is -2.17. The molecule has 1 fully saturated rings. The van der Waals surface area contributed by atoms with Crippen LogP contribution in [-0.4, -0.2) is 41.4 Å². The second-order valence-electron chi connectivity index (χ2n) is 6.21. The van der Waals surface area contributed by atoms with Gasteiger partial charge in [-0.05, 0) is 36.4 Å². The van der Waals surface area contributed by atoms with Crippen LogP contribution < -0.4 is 10.2 Å². The van der Waals surface area contributed by atoms with Crippen LogP contribution in [-0.2, 0) is 14.4 Å². The molecule has 4 rings (SSSR count). The molecular weight excluding hydrogens is 433 g/mol. The highest BCUT2D eigenvalue weighted by atomic mass is 79.9. The average molecular weight is 446 g/mol. The van der Waals surface area contributed by atoms with Crippen LogP contribution in [0.2, 0.25) is 0 Å². The molecule has 2 aromatic carbocycles. The maximum Gasteiger partial charge on any atom is 0.263 e. The Labute approximate surface area is 167 Å². The van der Waals surface area contributed by atoms with Crippen molar-refractivity contribution in [3.05, 3.63) is 58.8 Å². The fraction of sp³-hybridized carbons (Fsp3) is 0.167. The third-order valence-corrected chi connectivity index (χ3v) is 4.92. The van der Waals surface area contributed by atoms with E-state index in [1.165, 1.54) is 18.2 Å². The van der Waals surface area contributed by atoms with Crippen molar-refractivity contribution in [2.75, 3.05) is 16.8 Å². The zero-order chi connectivity index (χ0) is 19.8. The molecule has 10 heteroatoms. The third-order valence-electron chi connectivity index (χ3n) is 4.40. The summed E-state index contributed by atoms with van der Waals surface area (Å²) in [7, 11) is 0. The highest BCUT2D eigenvalue weighted by molar-refractivity contribution is 9.10. The summed E-state index contributed by atoms with van der Waals surface area (Å²) in [6, 6.07) is 10.4. The smallest absolute Gasteiger partial charge is 0.263 e. The number of carbonyl (C=O) groups is 3. The summed E-state index contributed by atoms with van der Waals surface area (Å²) < 4.78 is 14.5. The zero-order valence-electron chi connectivity index (χ0n) is 14.3. The van der Waals surface area contributed by atoms with Crippen LogP contribution in [0.4, 0.5) is 15.8 Å². The minimum atomic E-state index is -1.00. The highest BCUT2D eigenvalue weighted by Gasteiger charge is 2.55. The minimum Gasteiger partial charge on any atom is -0.322 e. The minimum absolute atomic E-state index is 0.0190. The summed E-state index contributed by atoms with van der Waals surface area (Å²) in [6.45, 7) is -0.341. The summed E-state index contributed by atoms with van der Waals surface area (Å²) in [6.07, 6.45) is 0. The summed E-state index contributed by atoms with van der Waals surface area (Å²) in [5.41, 5.74) is 0.434. The lowest BCUT2D eigenvalue weighted by molar-refractivity contribution is -0.123. The largest absolute Gasteiger partial charge is 0.322 e. The summed E-state index contributed by atoms with van der Waals surface area (Å²) in [5, 5.41) is 11.2. The van der Waals surface area contributed by atoms with Gasteiger partial charge in [0.15, 0.2) is 12.1 Å². The predicted octanol–water partition coefficient (Wildman–Crippen LogP) is 2.52. The van der Waals surface area contributed by atoms with Crippen molar-refractivity contribution in [1.82, 2.24) is 5.01 Å². The van der Waals surface area contributed by atoms with Crippen molar-refractivity contribution >= 4 is 45.0 Å². The highest BCUT2D eigenvalue weighted by Crippen LogP contribution is 2.32. The Morgan fingerprint density at radius 2 is 1.82 bits per heavy atom. The lowest BCUT2D eigenvalue weighted by atomic mass is 10.1. The second kappa shape index (κ2) is 7.12. The molecule has 2 heterocycles. The number of fused-ring (bicyclic) bond motifs is 1. The maximum absolute atomic E-state index is 13.7. The monoisotopic (exact) mass is 445 g/mol. The Hall–Kier alpha value is -3.14. The van der Waals surface area contributed by atoms with E-state index in [9.17, 15) is 18.8 Å². The lowest BCUT2D eigenvalue weighted by Gasteiger charge is -2.20. The van der Waals surface area contributed by atoms with Crippen LogP contribution in [0, 0.1) is 5.82 Å². The van der Waals surface area contributed by atoms with Crippen molar-refractivity contribution in [1.29, 1.82) is 0 Å². The number of para-hydroxylation sites is 1. The first kappa shape index (κ1) is 18.2. The van der Waals surface area contributed by atoms with Gasteiger partial charge in [-0.15, -0.1) is 0 Å². The second-order valence-corrected chi connectivity index (χ2v) is 7.12. The van der Waals surface area contributed by atoms with Gasteiger partial charge < -0.3 is 5.32 Å². The third kappa shape index (κ3) is 3.15. The predicted molar refractivity (Wildman–Crippen MR) is 101 cm³/mol. The van der Waals surface area contributed by atoms with E-state index in [1.807, 2.05) is 0 Å². The normalized spacial score (nSPS) is 20.6. The fourth-order valence-electron chi connectivity index (χ4n) is 3.10. The molecule has 2 atom stereocenters. The van der Waals surface area contributed by atoms with Gasteiger partial charge in [-0.25, -0.2) is 9.29 Å². The van der Waals surface area contributed by atoms with Crippen molar-refractivity contribution in [2.24, 2.45) is 10.3 Å². The van der Waals surface area contributed by atoms with Gasteiger partial charge in [0, 0.05) is 4.47 Å². The van der Waals surface area contributed by atoms with E-state index in [-0.39, 0.29) is 12.2 Å².